The number of carbonyl (C=O) groups is 2. The standard InChI is InChI=1S/C20H23N3O2S/c1-2-17-16-10-12-26-18(16)9-11-23(17)19(24)13-3-5-14(6-4-13)21-20(25)22-15-7-8-15/h3-6,10,12,15,17H,2,7-9,11H2,1H3,(H2,21,22,25). The summed E-state index contributed by atoms with van der Waals surface area (Å²) in [6.45, 7) is 2.89. The Hall–Kier alpha value is -2.34. The molecule has 2 aliphatic rings. The van der Waals surface area contributed by atoms with E-state index in [0.29, 0.717) is 17.3 Å². The van der Waals surface area contributed by atoms with Crippen LogP contribution in [0.1, 0.15) is 53.0 Å². The Morgan fingerprint density at radius 1 is 1.19 bits per heavy atom. The molecule has 1 aromatic heterocycles. The quantitative estimate of drug-likeness (QED) is 0.849. The maximum atomic E-state index is 13.0. The molecule has 1 unspecified atom stereocenters. The molecule has 6 heteroatoms. The summed E-state index contributed by atoms with van der Waals surface area (Å²) in [6, 6.07) is 9.62. The number of nitrogens with zero attached hydrogens (tertiary/aromatic N) is 1. The third-order valence-corrected chi connectivity index (χ3v) is 6.04. The van der Waals surface area contributed by atoms with Gasteiger partial charge in [-0.2, -0.15) is 0 Å². The van der Waals surface area contributed by atoms with Crippen LogP contribution in [0.3, 0.4) is 0 Å². The minimum absolute atomic E-state index is 0.0580. The van der Waals surface area contributed by atoms with Crippen LogP contribution < -0.4 is 10.6 Å². The molecule has 1 fully saturated rings. The third kappa shape index (κ3) is 3.46. The molecule has 1 aromatic carbocycles. The highest BCUT2D eigenvalue weighted by Gasteiger charge is 2.30. The van der Waals surface area contributed by atoms with E-state index in [4.69, 9.17) is 0 Å². The highest BCUT2D eigenvalue weighted by molar-refractivity contribution is 7.10. The molecule has 2 heterocycles. The fourth-order valence-electron chi connectivity index (χ4n) is 3.52. The van der Waals surface area contributed by atoms with Crippen molar-refractivity contribution >= 4 is 29.0 Å². The van der Waals surface area contributed by atoms with Crippen LogP contribution in [0.4, 0.5) is 10.5 Å². The molecule has 0 radical (unpaired) electrons. The zero-order valence-electron chi connectivity index (χ0n) is 14.8. The molecule has 2 aromatic rings. The van der Waals surface area contributed by atoms with Gasteiger partial charge in [0, 0.05) is 28.7 Å². The molecule has 2 N–H and O–H groups in total. The predicted molar refractivity (Wildman–Crippen MR) is 104 cm³/mol. The second-order valence-electron chi connectivity index (χ2n) is 6.92. The van der Waals surface area contributed by atoms with Crippen LogP contribution in [0.5, 0.6) is 0 Å². The molecule has 1 saturated carbocycles. The van der Waals surface area contributed by atoms with Crippen LogP contribution >= 0.6 is 11.3 Å². The lowest BCUT2D eigenvalue weighted by Gasteiger charge is -2.35. The number of nitrogens with one attached hydrogen (secondary N) is 2. The van der Waals surface area contributed by atoms with Gasteiger partial charge in [0.1, 0.15) is 0 Å². The SMILES string of the molecule is CCC1c2ccsc2CCN1C(=O)c1ccc(NC(=O)NC2CC2)cc1. The number of benzene rings is 1. The number of fused-ring (bicyclic) bond motifs is 1. The van der Waals surface area contributed by atoms with Gasteiger partial charge in [-0.05, 0) is 67.0 Å². The second-order valence-corrected chi connectivity index (χ2v) is 7.92. The van der Waals surface area contributed by atoms with Crippen LogP contribution in [0, 0.1) is 0 Å². The van der Waals surface area contributed by atoms with Crippen LogP contribution in [-0.2, 0) is 6.42 Å². The van der Waals surface area contributed by atoms with Gasteiger partial charge < -0.3 is 15.5 Å². The summed E-state index contributed by atoms with van der Waals surface area (Å²) in [5, 5.41) is 7.82. The topological polar surface area (TPSA) is 61.4 Å². The number of carbonyl (C=O) groups excluding carboxylic acids is 2. The van der Waals surface area contributed by atoms with Crippen molar-refractivity contribution in [2.24, 2.45) is 0 Å². The van der Waals surface area contributed by atoms with E-state index in [1.165, 1.54) is 10.4 Å². The van der Waals surface area contributed by atoms with E-state index in [0.717, 1.165) is 32.2 Å². The number of hydrogen-bond donors (Lipinski definition) is 2. The summed E-state index contributed by atoms with van der Waals surface area (Å²) in [5.74, 6) is 0.0580. The van der Waals surface area contributed by atoms with E-state index in [2.05, 4.69) is 29.0 Å². The molecule has 0 bridgehead atoms. The second kappa shape index (κ2) is 7.11. The molecule has 1 aliphatic heterocycles. The number of hydrogen-bond acceptors (Lipinski definition) is 3. The van der Waals surface area contributed by atoms with Crippen molar-refractivity contribution in [3.63, 3.8) is 0 Å². The number of thiophene rings is 1. The van der Waals surface area contributed by atoms with Gasteiger partial charge in [0.25, 0.3) is 5.91 Å². The summed E-state index contributed by atoms with van der Waals surface area (Å²) in [4.78, 5) is 28.2. The van der Waals surface area contributed by atoms with Crippen molar-refractivity contribution in [2.75, 3.05) is 11.9 Å². The lowest BCUT2D eigenvalue weighted by atomic mass is 9.97. The molecule has 1 aliphatic carbocycles. The van der Waals surface area contributed by atoms with Crippen LogP contribution in [-0.4, -0.2) is 29.4 Å². The summed E-state index contributed by atoms with van der Waals surface area (Å²) >= 11 is 1.79. The first-order chi connectivity index (χ1) is 12.7. The normalized spacial score (nSPS) is 19.0. The van der Waals surface area contributed by atoms with Gasteiger partial charge in [0.05, 0.1) is 6.04 Å². The Bertz CT molecular complexity index is 811. The predicted octanol–water partition coefficient (Wildman–Crippen LogP) is 4.18. The highest BCUT2D eigenvalue weighted by atomic mass is 32.1. The van der Waals surface area contributed by atoms with Crippen molar-refractivity contribution in [1.82, 2.24) is 10.2 Å². The monoisotopic (exact) mass is 369 g/mol. The Kier molecular flexibility index (Phi) is 4.68. The lowest BCUT2D eigenvalue weighted by Crippen LogP contribution is -2.39. The number of anilines is 1. The van der Waals surface area contributed by atoms with Gasteiger partial charge in [-0.3, -0.25) is 4.79 Å². The Morgan fingerprint density at radius 2 is 1.96 bits per heavy atom. The van der Waals surface area contributed by atoms with E-state index in [1.807, 2.05) is 4.90 Å². The van der Waals surface area contributed by atoms with E-state index in [1.54, 1.807) is 35.6 Å². The summed E-state index contributed by atoms with van der Waals surface area (Å²) in [5.41, 5.74) is 2.66. The molecule has 136 valence electrons. The smallest absolute Gasteiger partial charge is 0.319 e. The average Bonchev–Trinajstić information content (AvgIpc) is 3.32. The third-order valence-electron chi connectivity index (χ3n) is 5.04. The van der Waals surface area contributed by atoms with E-state index in [-0.39, 0.29) is 18.0 Å². The van der Waals surface area contributed by atoms with Gasteiger partial charge in [0.2, 0.25) is 0 Å². The Labute approximate surface area is 157 Å². The molecule has 0 spiro atoms. The van der Waals surface area contributed by atoms with Crippen molar-refractivity contribution in [1.29, 1.82) is 0 Å². The molecular weight excluding hydrogens is 346 g/mol. The van der Waals surface area contributed by atoms with E-state index < -0.39 is 0 Å². The number of rotatable bonds is 4. The Balaban J connectivity index is 1.45. The minimum Gasteiger partial charge on any atom is -0.335 e. The maximum Gasteiger partial charge on any atom is 0.319 e. The molecule has 3 amide bonds. The van der Waals surface area contributed by atoms with Crippen molar-refractivity contribution in [2.45, 2.75) is 44.7 Å². The van der Waals surface area contributed by atoms with Crippen molar-refractivity contribution < 1.29 is 9.59 Å². The lowest BCUT2D eigenvalue weighted by molar-refractivity contribution is 0.0657. The zero-order valence-corrected chi connectivity index (χ0v) is 15.6. The average molecular weight is 369 g/mol. The molecule has 0 saturated heterocycles. The summed E-state index contributed by atoms with van der Waals surface area (Å²) in [6.07, 6.45) is 3.95. The van der Waals surface area contributed by atoms with Gasteiger partial charge in [-0.1, -0.05) is 6.92 Å². The minimum atomic E-state index is -0.182. The summed E-state index contributed by atoms with van der Waals surface area (Å²) < 4.78 is 0. The van der Waals surface area contributed by atoms with Gasteiger partial charge in [0.15, 0.2) is 0 Å². The van der Waals surface area contributed by atoms with Crippen LogP contribution in [0.25, 0.3) is 0 Å². The Morgan fingerprint density at radius 3 is 2.65 bits per heavy atom. The zero-order chi connectivity index (χ0) is 18.1. The molecule has 5 nitrogen and oxygen atoms in total. The molecule has 4 rings (SSSR count). The first-order valence-electron chi connectivity index (χ1n) is 9.20. The fourth-order valence-corrected chi connectivity index (χ4v) is 4.45. The summed E-state index contributed by atoms with van der Waals surface area (Å²) in [7, 11) is 0. The van der Waals surface area contributed by atoms with Crippen LogP contribution in [0.15, 0.2) is 35.7 Å². The van der Waals surface area contributed by atoms with Gasteiger partial charge in [-0.15, -0.1) is 11.3 Å². The van der Waals surface area contributed by atoms with Gasteiger partial charge >= 0.3 is 6.03 Å². The molecular formula is C20H23N3O2S. The van der Waals surface area contributed by atoms with E-state index in [9.17, 15) is 9.59 Å². The van der Waals surface area contributed by atoms with Crippen molar-refractivity contribution in [3.8, 4) is 0 Å². The molecule has 26 heavy (non-hydrogen) atoms. The number of amides is 3. The van der Waals surface area contributed by atoms with Crippen molar-refractivity contribution in [3.05, 3.63) is 51.7 Å². The fraction of sp³-hybridized carbons (Fsp3) is 0.400. The highest BCUT2D eigenvalue weighted by Crippen LogP contribution is 2.36. The van der Waals surface area contributed by atoms with Crippen LogP contribution in [0.2, 0.25) is 0 Å². The largest absolute Gasteiger partial charge is 0.335 e. The molecule has 1 atom stereocenters. The first-order valence-corrected chi connectivity index (χ1v) is 10.1. The van der Waals surface area contributed by atoms with E-state index >= 15 is 0 Å². The maximum absolute atomic E-state index is 13.0. The van der Waals surface area contributed by atoms with Gasteiger partial charge in [-0.25, -0.2) is 4.79 Å². The number of urea groups is 1. The first kappa shape index (κ1) is 17.1.